The highest BCUT2D eigenvalue weighted by molar-refractivity contribution is 7.89. The van der Waals surface area contributed by atoms with Crippen LogP contribution in [0.1, 0.15) is 5.56 Å². The van der Waals surface area contributed by atoms with Gasteiger partial charge in [0.15, 0.2) is 0 Å². The van der Waals surface area contributed by atoms with Gasteiger partial charge in [0.2, 0.25) is 20.0 Å². The van der Waals surface area contributed by atoms with Gasteiger partial charge >= 0.3 is 0 Å². The first-order valence-corrected chi connectivity index (χ1v) is 8.77. The van der Waals surface area contributed by atoms with E-state index in [1.54, 1.807) is 0 Å². The van der Waals surface area contributed by atoms with Crippen LogP contribution in [0.15, 0.2) is 23.1 Å². The number of benzene rings is 1. The predicted octanol–water partition coefficient (Wildman–Crippen LogP) is -1.03. The van der Waals surface area contributed by atoms with Crippen LogP contribution in [0.4, 0.5) is 5.69 Å². The lowest BCUT2D eigenvalue weighted by Crippen LogP contribution is -2.34. The van der Waals surface area contributed by atoms with Gasteiger partial charge in [0.1, 0.15) is 4.90 Å². The highest BCUT2D eigenvalue weighted by Gasteiger charge is 2.17. The van der Waals surface area contributed by atoms with Crippen LogP contribution in [0.25, 0.3) is 0 Å². The lowest BCUT2D eigenvalue weighted by Gasteiger charge is -2.09. The van der Waals surface area contributed by atoms with E-state index in [9.17, 15) is 16.8 Å². The van der Waals surface area contributed by atoms with Gasteiger partial charge in [0, 0.05) is 13.1 Å². The number of hydrogen-bond acceptors (Lipinski definition) is 6. The van der Waals surface area contributed by atoms with Gasteiger partial charge in [-0.2, -0.15) is 5.26 Å². The largest absolute Gasteiger partial charge is 0.398 e. The second kappa shape index (κ2) is 6.19. The first-order chi connectivity index (χ1) is 9.15. The van der Waals surface area contributed by atoms with Crippen molar-refractivity contribution in [1.82, 2.24) is 9.44 Å². The highest BCUT2D eigenvalue weighted by atomic mass is 32.2. The molecule has 0 amide bonds. The first-order valence-electron chi connectivity index (χ1n) is 5.39. The van der Waals surface area contributed by atoms with Gasteiger partial charge in [0.05, 0.1) is 23.6 Å². The lowest BCUT2D eigenvalue weighted by atomic mass is 10.2. The van der Waals surface area contributed by atoms with Crippen molar-refractivity contribution in [2.75, 3.05) is 25.1 Å². The summed E-state index contributed by atoms with van der Waals surface area (Å²) in [5, 5.41) is 8.67. The van der Waals surface area contributed by atoms with Gasteiger partial charge in [-0.05, 0) is 18.2 Å². The molecule has 20 heavy (non-hydrogen) atoms. The molecule has 1 aromatic rings. The number of anilines is 1. The Morgan fingerprint density at radius 3 is 2.30 bits per heavy atom. The molecule has 0 spiro atoms. The van der Waals surface area contributed by atoms with Crippen molar-refractivity contribution in [3.8, 4) is 6.07 Å². The van der Waals surface area contributed by atoms with Crippen molar-refractivity contribution >= 4 is 25.7 Å². The number of nitrogens with zero attached hydrogens (tertiary/aromatic N) is 1. The molecule has 0 aliphatic carbocycles. The molecule has 0 aromatic heterocycles. The second-order valence-corrected chi connectivity index (χ2v) is 7.50. The number of nitrogens with one attached hydrogen (secondary N) is 2. The Balaban J connectivity index is 2.77. The number of nitrogen functional groups attached to an aromatic ring is 1. The van der Waals surface area contributed by atoms with Crippen molar-refractivity contribution in [3.63, 3.8) is 0 Å². The first kappa shape index (κ1) is 16.4. The van der Waals surface area contributed by atoms with Crippen molar-refractivity contribution in [1.29, 1.82) is 5.26 Å². The van der Waals surface area contributed by atoms with Crippen LogP contribution >= 0.6 is 0 Å². The Morgan fingerprint density at radius 1 is 1.20 bits per heavy atom. The molecule has 110 valence electrons. The maximum absolute atomic E-state index is 11.9. The van der Waals surface area contributed by atoms with Gasteiger partial charge in [-0.3, -0.25) is 0 Å². The molecule has 1 aromatic carbocycles. The maximum Gasteiger partial charge on any atom is 0.242 e. The van der Waals surface area contributed by atoms with E-state index >= 15 is 0 Å². The molecular weight excluding hydrogens is 304 g/mol. The van der Waals surface area contributed by atoms with Crippen molar-refractivity contribution in [2.24, 2.45) is 0 Å². The zero-order valence-electron chi connectivity index (χ0n) is 10.6. The molecule has 1 rings (SSSR count). The van der Waals surface area contributed by atoms with Gasteiger partial charge in [-0.25, -0.2) is 26.3 Å². The summed E-state index contributed by atoms with van der Waals surface area (Å²) in [5.74, 6) is 0. The van der Waals surface area contributed by atoms with E-state index in [1.807, 2.05) is 6.07 Å². The molecule has 0 radical (unpaired) electrons. The number of nitrogens with two attached hydrogens (primary N) is 1. The van der Waals surface area contributed by atoms with E-state index in [0.29, 0.717) is 0 Å². The van der Waals surface area contributed by atoms with Crippen LogP contribution < -0.4 is 15.2 Å². The van der Waals surface area contributed by atoms with Gasteiger partial charge in [0.25, 0.3) is 0 Å². The molecule has 4 N–H and O–H groups in total. The van der Waals surface area contributed by atoms with Crippen molar-refractivity contribution in [3.05, 3.63) is 23.8 Å². The van der Waals surface area contributed by atoms with Gasteiger partial charge < -0.3 is 5.73 Å². The highest BCUT2D eigenvalue weighted by Crippen LogP contribution is 2.18. The van der Waals surface area contributed by atoms with Crippen LogP contribution in [0.3, 0.4) is 0 Å². The number of sulfonamides is 2. The SMILES string of the molecule is CS(=O)(=O)NCCNS(=O)(=O)c1ccc(C#N)cc1N. The molecule has 0 atom stereocenters. The molecular formula is C10H14N4O4S2. The Kier molecular flexibility index (Phi) is 5.07. The van der Waals surface area contributed by atoms with Crippen LogP contribution in [0.2, 0.25) is 0 Å². The fraction of sp³-hybridized carbons (Fsp3) is 0.300. The van der Waals surface area contributed by atoms with Crippen molar-refractivity contribution in [2.45, 2.75) is 4.90 Å². The van der Waals surface area contributed by atoms with Crippen LogP contribution in [-0.4, -0.2) is 36.2 Å². The minimum Gasteiger partial charge on any atom is -0.398 e. The minimum absolute atomic E-state index is 0.0485. The second-order valence-electron chi connectivity index (χ2n) is 3.93. The Labute approximate surface area is 117 Å². The third-order valence-electron chi connectivity index (χ3n) is 2.21. The van der Waals surface area contributed by atoms with Crippen LogP contribution in [-0.2, 0) is 20.0 Å². The summed E-state index contributed by atoms with van der Waals surface area (Å²) in [5.41, 5.74) is 5.78. The molecule has 0 aliphatic rings. The van der Waals surface area contributed by atoms with Crippen molar-refractivity contribution < 1.29 is 16.8 Å². The molecule has 0 saturated heterocycles. The van der Waals surface area contributed by atoms with Crippen LogP contribution in [0.5, 0.6) is 0 Å². The summed E-state index contributed by atoms with van der Waals surface area (Å²) < 4.78 is 49.8. The summed E-state index contributed by atoms with van der Waals surface area (Å²) in [6.45, 7) is -0.191. The lowest BCUT2D eigenvalue weighted by molar-refractivity contribution is 0.573. The van der Waals surface area contributed by atoms with E-state index in [1.165, 1.54) is 18.2 Å². The standard InChI is InChI=1S/C10H14N4O4S2/c1-19(15,16)13-4-5-14-20(17,18)10-3-2-8(7-11)6-9(10)12/h2-3,6,13-14H,4-5,12H2,1H3. The zero-order chi connectivity index (χ0) is 15.4. The average molecular weight is 318 g/mol. The fourth-order valence-corrected chi connectivity index (χ4v) is 2.98. The van der Waals surface area contributed by atoms with E-state index in [2.05, 4.69) is 9.44 Å². The quantitative estimate of drug-likeness (QED) is 0.452. The Morgan fingerprint density at radius 2 is 1.80 bits per heavy atom. The van der Waals surface area contributed by atoms with E-state index in [4.69, 9.17) is 11.0 Å². The smallest absolute Gasteiger partial charge is 0.242 e. The molecule has 10 heteroatoms. The Bertz CT molecular complexity index is 735. The Hall–Kier alpha value is -1.67. The third kappa shape index (κ3) is 4.78. The summed E-state index contributed by atoms with van der Waals surface area (Å²) in [6.07, 6.45) is 0.972. The summed E-state index contributed by atoms with van der Waals surface area (Å²) in [4.78, 5) is -0.157. The number of nitriles is 1. The minimum atomic E-state index is -3.85. The predicted molar refractivity (Wildman–Crippen MR) is 73.6 cm³/mol. The fourth-order valence-electron chi connectivity index (χ4n) is 1.36. The summed E-state index contributed by atoms with van der Waals surface area (Å²) in [6, 6.07) is 5.65. The third-order valence-corrected chi connectivity index (χ3v) is 4.47. The van der Waals surface area contributed by atoms with Gasteiger partial charge in [-0.1, -0.05) is 0 Å². The number of hydrogen-bond donors (Lipinski definition) is 3. The molecule has 0 fully saturated rings. The monoisotopic (exact) mass is 318 g/mol. The van der Waals surface area contributed by atoms with E-state index in [-0.39, 0.29) is 29.2 Å². The van der Waals surface area contributed by atoms with Crippen LogP contribution in [0, 0.1) is 11.3 Å². The summed E-state index contributed by atoms with van der Waals surface area (Å²) >= 11 is 0. The maximum atomic E-state index is 11.9. The molecule has 0 unspecified atom stereocenters. The molecule has 0 aliphatic heterocycles. The zero-order valence-corrected chi connectivity index (χ0v) is 12.3. The number of rotatable bonds is 6. The normalized spacial score (nSPS) is 12.0. The molecule has 0 saturated carbocycles. The molecule has 0 bridgehead atoms. The van der Waals surface area contributed by atoms with Gasteiger partial charge in [-0.15, -0.1) is 0 Å². The molecule has 0 heterocycles. The van der Waals surface area contributed by atoms with E-state index in [0.717, 1.165) is 6.26 Å². The average Bonchev–Trinajstić information content (AvgIpc) is 2.33. The topological polar surface area (TPSA) is 142 Å². The summed E-state index contributed by atoms with van der Waals surface area (Å²) in [7, 11) is -7.22. The van der Waals surface area contributed by atoms with E-state index < -0.39 is 20.0 Å². The molecule has 8 nitrogen and oxygen atoms in total.